The molecule has 0 aliphatic heterocycles. The SMILES string of the molecule is CC(C)(C)OC(=O)C[C@@H](NC(=O)CNC(=O)OCc1ccccc1)C(=O)O. The van der Waals surface area contributed by atoms with E-state index in [1.165, 1.54) is 0 Å². The van der Waals surface area contributed by atoms with E-state index in [2.05, 4.69) is 10.6 Å². The average molecular weight is 380 g/mol. The largest absolute Gasteiger partial charge is 0.480 e. The van der Waals surface area contributed by atoms with Gasteiger partial charge in [-0.1, -0.05) is 30.3 Å². The van der Waals surface area contributed by atoms with E-state index in [9.17, 15) is 19.2 Å². The predicted octanol–water partition coefficient (Wildman–Crippen LogP) is 1.21. The lowest BCUT2D eigenvalue weighted by molar-refractivity contribution is -0.158. The summed E-state index contributed by atoms with van der Waals surface area (Å²) in [5, 5.41) is 13.5. The normalized spacial score (nSPS) is 11.8. The van der Waals surface area contributed by atoms with Crippen LogP contribution in [0.1, 0.15) is 32.8 Å². The number of carboxylic acids is 1. The quantitative estimate of drug-likeness (QED) is 0.578. The van der Waals surface area contributed by atoms with E-state index in [4.69, 9.17) is 14.6 Å². The van der Waals surface area contributed by atoms with Gasteiger partial charge in [0.05, 0.1) is 6.42 Å². The lowest BCUT2D eigenvalue weighted by atomic mass is 10.1. The monoisotopic (exact) mass is 380 g/mol. The number of carbonyl (C=O) groups is 4. The van der Waals surface area contributed by atoms with Gasteiger partial charge in [-0.15, -0.1) is 0 Å². The van der Waals surface area contributed by atoms with Crippen LogP contribution in [0.15, 0.2) is 30.3 Å². The van der Waals surface area contributed by atoms with E-state index in [1.807, 2.05) is 6.07 Å². The summed E-state index contributed by atoms with van der Waals surface area (Å²) in [6.45, 7) is 4.47. The third-order valence-electron chi connectivity index (χ3n) is 3.03. The van der Waals surface area contributed by atoms with Gasteiger partial charge in [0.2, 0.25) is 5.91 Å². The summed E-state index contributed by atoms with van der Waals surface area (Å²) < 4.78 is 9.96. The van der Waals surface area contributed by atoms with Crippen molar-refractivity contribution in [1.29, 1.82) is 0 Å². The Balaban J connectivity index is 2.40. The molecule has 0 fully saturated rings. The molecule has 148 valence electrons. The maximum atomic E-state index is 11.8. The zero-order valence-electron chi connectivity index (χ0n) is 15.5. The highest BCUT2D eigenvalue weighted by molar-refractivity contribution is 5.89. The molecule has 0 saturated carbocycles. The first kappa shape index (κ1) is 21.9. The minimum absolute atomic E-state index is 0.0324. The summed E-state index contributed by atoms with van der Waals surface area (Å²) in [5.74, 6) is -2.92. The van der Waals surface area contributed by atoms with E-state index in [0.29, 0.717) is 0 Å². The summed E-state index contributed by atoms with van der Waals surface area (Å²) in [5.41, 5.74) is 0.00852. The van der Waals surface area contributed by atoms with E-state index in [0.717, 1.165) is 5.56 Å². The number of amides is 2. The van der Waals surface area contributed by atoms with Crippen molar-refractivity contribution in [3.8, 4) is 0 Å². The van der Waals surface area contributed by atoms with E-state index in [1.54, 1.807) is 45.0 Å². The van der Waals surface area contributed by atoms with Crippen LogP contribution in [-0.2, 0) is 30.5 Å². The van der Waals surface area contributed by atoms with Crippen LogP contribution in [0.25, 0.3) is 0 Å². The molecule has 9 nitrogen and oxygen atoms in total. The van der Waals surface area contributed by atoms with Gasteiger partial charge in [-0.25, -0.2) is 9.59 Å². The third kappa shape index (κ3) is 9.83. The van der Waals surface area contributed by atoms with Gasteiger partial charge in [-0.3, -0.25) is 9.59 Å². The number of aliphatic carboxylic acids is 1. The number of benzene rings is 1. The van der Waals surface area contributed by atoms with Crippen LogP contribution >= 0.6 is 0 Å². The van der Waals surface area contributed by atoms with Gasteiger partial charge < -0.3 is 25.2 Å². The molecule has 0 heterocycles. The molecular weight excluding hydrogens is 356 g/mol. The predicted molar refractivity (Wildman–Crippen MR) is 94.7 cm³/mol. The number of hydrogen-bond donors (Lipinski definition) is 3. The molecule has 0 radical (unpaired) electrons. The number of ether oxygens (including phenoxy) is 2. The Bertz CT molecular complexity index is 668. The minimum atomic E-state index is -1.46. The molecule has 0 unspecified atom stereocenters. The minimum Gasteiger partial charge on any atom is -0.480 e. The molecule has 1 rings (SSSR count). The second-order valence-electron chi connectivity index (χ2n) is 6.66. The van der Waals surface area contributed by atoms with Gasteiger partial charge in [0.25, 0.3) is 0 Å². The van der Waals surface area contributed by atoms with Crippen LogP contribution in [-0.4, -0.2) is 47.2 Å². The van der Waals surface area contributed by atoms with Gasteiger partial charge >= 0.3 is 18.0 Å². The average Bonchev–Trinajstić information content (AvgIpc) is 2.56. The highest BCUT2D eigenvalue weighted by atomic mass is 16.6. The van der Waals surface area contributed by atoms with Crippen LogP contribution in [0.2, 0.25) is 0 Å². The van der Waals surface area contributed by atoms with Crippen molar-refractivity contribution >= 4 is 23.9 Å². The lowest BCUT2D eigenvalue weighted by Gasteiger charge is -2.21. The van der Waals surface area contributed by atoms with Crippen molar-refractivity contribution in [2.75, 3.05) is 6.54 Å². The summed E-state index contributed by atoms with van der Waals surface area (Å²) in [6, 6.07) is 7.49. The standard InChI is InChI=1S/C18H24N2O7/c1-18(2,3)27-15(22)9-13(16(23)24)20-14(21)10-19-17(25)26-11-12-7-5-4-6-8-12/h4-8,13H,9-11H2,1-3H3,(H,19,25)(H,20,21)(H,23,24)/t13-/m1/s1. The van der Waals surface area contributed by atoms with Gasteiger partial charge in [0.1, 0.15) is 24.8 Å². The fraction of sp³-hybridized carbons (Fsp3) is 0.444. The second kappa shape index (κ2) is 10.1. The molecule has 1 aromatic carbocycles. The Kier molecular flexibility index (Phi) is 8.25. The number of rotatable bonds is 8. The molecule has 27 heavy (non-hydrogen) atoms. The molecular formula is C18H24N2O7. The van der Waals surface area contributed by atoms with Crippen LogP contribution in [0.3, 0.4) is 0 Å². The number of alkyl carbamates (subject to hydrolysis) is 1. The fourth-order valence-corrected chi connectivity index (χ4v) is 1.92. The first-order valence-electron chi connectivity index (χ1n) is 8.25. The van der Waals surface area contributed by atoms with Gasteiger partial charge in [-0.05, 0) is 26.3 Å². The van der Waals surface area contributed by atoms with Gasteiger partial charge in [-0.2, -0.15) is 0 Å². The van der Waals surface area contributed by atoms with Crippen LogP contribution in [0.5, 0.6) is 0 Å². The van der Waals surface area contributed by atoms with Crippen molar-refractivity contribution in [2.24, 2.45) is 0 Å². The molecule has 1 aromatic rings. The zero-order valence-corrected chi connectivity index (χ0v) is 15.5. The van der Waals surface area contributed by atoms with Crippen molar-refractivity contribution in [2.45, 2.75) is 45.4 Å². The van der Waals surface area contributed by atoms with Crippen LogP contribution < -0.4 is 10.6 Å². The Morgan fingerprint density at radius 3 is 2.30 bits per heavy atom. The number of carbonyl (C=O) groups excluding carboxylic acids is 3. The summed E-state index contributed by atoms with van der Waals surface area (Å²) >= 11 is 0. The number of esters is 1. The highest BCUT2D eigenvalue weighted by Crippen LogP contribution is 2.09. The first-order valence-corrected chi connectivity index (χ1v) is 8.25. The second-order valence-corrected chi connectivity index (χ2v) is 6.66. The van der Waals surface area contributed by atoms with Crippen molar-refractivity contribution < 1.29 is 33.8 Å². The van der Waals surface area contributed by atoms with Crippen LogP contribution in [0, 0.1) is 0 Å². The van der Waals surface area contributed by atoms with E-state index >= 15 is 0 Å². The molecule has 2 amide bonds. The number of carboxylic acid groups (broad SMARTS) is 1. The van der Waals surface area contributed by atoms with E-state index < -0.39 is 48.5 Å². The number of hydrogen-bond acceptors (Lipinski definition) is 6. The van der Waals surface area contributed by atoms with Crippen molar-refractivity contribution in [1.82, 2.24) is 10.6 Å². The molecule has 0 saturated heterocycles. The lowest BCUT2D eigenvalue weighted by Crippen LogP contribution is -2.47. The Hall–Kier alpha value is -3.10. The van der Waals surface area contributed by atoms with Crippen molar-refractivity contribution in [3.05, 3.63) is 35.9 Å². The smallest absolute Gasteiger partial charge is 0.407 e. The zero-order chi connectivity index (χ0) is 20.4. The molecule has 0 aromatic heterocycles. The first-order chi connectivity index (χ1) is 12.6. The molecule has 0 bridgehead atoms. The Morgan fingerprint density at radius 1 is 1.11 bits per heavy atom. The molecule has 3 N–H and O–H groups in total. The number of nitrogens with one attached hydrogen (secondary N) is 2. The van der Waals surface area contributed by atoms with Crippen molar-refractivity contribution in [3.63, 3.8) is 0 Å². The topological polar surface area (TPSA) is 131 Å². The third-order valence-corrected chi connectivity index (χ3v) is 3.03. The van der Waals surface area contributed by atoms with Gasteiger partial charge in [0.15, 0.2) is 0 Å². The molecule has 0 aliphatic rings. The molecule has 0 spiro atoms. The highest BCUT2D eigenvalue weighted by Gasteiger charge is 2.26. The fourth-order valence-electron chi connectivity index (χ4n) is 1.92. The Labute approximate surface area is 157 Å². The Morgan fingerprint density at radius 2 is 1.74 bits per heavy atom. The maximum Gasteiger partial charge on any atom is 0.407 e. The molecule has 1 atom stereocenters. The summed E-state index contributed by atoms with van der Waals surface area (Å²) in [7, 11) is 0. The van der Waals surface area contributed by atoms with Crippen LogP contribution in [0.4, 0.5) is 4.79 Å². The maximum absolute atomic E-state index is 11.8. The van der Waals surface area contributed by atoms with Gasteiger partial charge in [0, 0.05) is 0 Å². The summed E-state index contributed by atoms with van der Waals surface area (Å²) in [4.78, 5) is 46.3. The molecule has 0 aliphatic carbocycles. The molecule has 9 heteroatoms. The van der Waals surface area contributed by atoms with E-state index in [-0.39, 0.29) is 6.61 Å². The summed E-state index contributed by atoms with van der Waals surface area (Å²) in [6.07, 6.45) is -1.36.